The van der Waals surface area contributed by atoms with Crippen LogP contribution in [-0.2, 0) is 16.0 Å². The summed E-state index contributed by atoms with van der Waals surface area (Å²) in [5, 5.41) is 2.65. The van der Waals surface area contributed by atoms with Crippen LogP contribution in [0, 0.1) is 0 Å². The molecular formula is C12H21N5O3. The Kier molecular flexibility index (Phi) is 5.51. The Bertz CT molecular complexity index is 438. The second-order valence-corrected chi connectivity index (χ2v) is 5.40. The molecule has 1 rings (SSSR count). The molecule has 8 nitrogen and oxygen atoms in total. The second kappa shape index (κ2) is 6.90. The van der Waals surface area contributed by atoms with E-state index in [0.29, 0.717) is 6.42 Å². The normalized spacial score (nSPS) is 12.6. The number of nitrogens with one attached hydrogen (secondary N) is 3. The van der Waals surface area contributed by atoms with Crippen LogP contribution in [0.4, 0.5) is 4.79 Å². The number of aromatic amines is 1. The Labute approximate surface area is 117 Å². The number of carbonyl (C=O) groups excluding carboxylic acids is 2. The third-order valence-corrected chi connectivity index (χ3v) is 2.33. The van der Waals surface area contributed by atoms with Gasteiger partial charge in [0, 0.05) is 30.8 Å². The van der Waals surface area contributed by atoms with E-state index in [1.165, 1.54) is 6.33 Å². The molecule has 0 aliphatic carbocycles. The summed E-state index contributed by atoms with van der Waals surface area (Å²) in [4.78, 5) is 29.9. The minimum atomic E-state index is -0.598. The number of carbonyl (C=O) groups is 2. The number of imidazole rings is 1. The lowest BCUT2D eigenvalue weighted by Crippen LogP contribution is -2.44. The van der Waals surface area contributed by atoms with Gasteiger partial charge in [-0.2, -0.15) is 0 Å². The Morgan fingerprint density at radius 1 is 1.50 bits per heavy atom. The van der Waals surface area contributed by atoms with Gasteiger partial charge in [-0.3, -0.25) is 10.2 Å². The zero-order valence-electron chi connectivity index (χ0n) is 11.9. The summed E-state index contributed by atoms with van der Waals surface area (Å²) >= 11 is 0. The molecule has 1 atom stereocenters. The topological polar surface area (TPSA) is 122 Å². The lowest BCUT2D eigenvalue weighted by molar-refractivity contribution is -0.121. The van der Waals surface area contributed by atoms with Gasteiger partial charge < -0.3 is 15.0 Å². The number of hydrogen-bond donors (Lipinski definition) is 4. The first-order valence-corrected chi connectivity index (χ1v) is 6.26. The van der Waals surface area contributed by atoms with Gasteiger partial charge in [-0.1, -0.05) is 0 Å². The van der Waals surface area contributed by atoms with Crippen LogP contribution in [0.3, 0.4) is 0 Å². The molecule has 1 aromatic rings. The second-order valence-electron chi connectivity index (χ2n) is 5.40. The predicted molar refractivity (Wildman–Crippen MR) is 72.4 cm³/mol. The van der Waals surface area contributed by atoms with Crippen LogP contribution in [0.2, 0.25) is 0 Å². The van der Waals surface area contributed by atoms with Crippen LogP contribution in [-0.4, -0.2) is 33.6 Å². The van der Waals surface area contributed by atoms with Crippen molar-refractivity contribution in [2.75, 3.05) is 0 Å². The molecular weight excluding hydrogens is 262 g/mol. The minimum absolute atomic E-state index is 0.0504. The average Bonchev–Trinajstić information content (AvgIpc) is 2.78. The first-order chi connectivity index (χ1) is 9.30. The Balaban J connectivity index is 2.62. The van der Waals surface area contributed by atoms with E-state index < -0.39 is 17.7 Å². The van der Waals surface area contributed by atoms with Gasteiger partial charge in [-0.05, 0) is 20.8 Å². The number of alkyl carbamates (subject to hydrolysis) is 1. The molecule has 0 fully saturated rings. The van der Waals surface area contributed by atoms with E-state index in [4.69, 9.17) is 10.6 Å². The maximum atomic E-state index is 11.7. The molecule has 8 heteroatoms. The highest BCUT2D eigenvalue weighted by atomic mass is 16.6. The number of nitrogens with zero attached hydrogens (tertiary/aromatic N) is 1. The number of amides is 2. The van der Waals surface area contributed by atoms with E-state index >= 15 is 0 Å². The molecule has 0 aliphatic rings. The number of nitrogens with two attached hydrogens (primary N) is 1. The van der Waals surface area contributed by atoms with Crippen LogP contribution in [0.25, 0.3) is 0 Å². The van der Waals surface area contributed by atoms with E-state index in [0.717, 1.165) is 5.69 Å². The van der Waals surface area contributed by atoms with Crippen molar-refractivity contribution in [1.82, 2.24) is 20.7 Å². The maximum Gasteiger partial charge on any atom is 0.407 e. The highest BCUT2D eigenvalue weighted by Crippen LogP contribution is 2.08. The molecule has 0 spiro atoms. The van der Waals surface area contributed by atoms with Gasteiger partial charge >= 0.3 is 6.09 Å². The number of hydrazine groups is 1. The molecule has 0 radical (unpaired) electrons. The van der Waals surface area contributed by atoms with E-state index in [9.17, 15) is 9.59 Å². The molecule has 0 aliphatic heterocycles. The predicted octanol–water partition coefficient (Wildman–Crippen LogP) is 0.226. The third kappa shape index (κ3) is 6.19. The Morgan fingerprint density at radius 3 is 2.70 bits per heavy atom. The molecule has 0 saturated heterocycles. The maximum absolute atomic E-state index is 11.7. The largest absolute Gasteiger partial charge is 0.444 e. The summed E-state index contributed by atoms with van der Waals surface area (Å²) in [7, 11) is 0. The van der Waals surface area contributed by atoms with Crippen LogP contribution in [0.5, 0.6) is 0 Å². The summed E-state index contributed by atoms with van der Waals surface area (Å²) in [6.07, 6.45) is 3.06. The number of aromatic nitrogens is 2. The van der Waals surface area contributed by atoms with Crippen molar-refractivity contribution in [2.24, 2.45) is 5.84 Å². The van der Waals surface area contributed by atoms with Crippen molar-refractivity contribution in [3.8, 4) is 0 Å². The molecule has 20 heavy (non-hydrogen) atoms. The molecule has 0 bridgehead atoms. The highest BCUT2D eigenvalue weighted by molar-refractivity contribution is 5.77. The van der Waals surface area contributed by atoms with Crippen molar-refractivity contribution in [3.05, 3.63) is 18.2 Å². The first-order valence-electron chi connectivity index (χ1n) is 6.26. The Hall–Kier alpha value is -2.09. The van der Waals surface area contributed by atoms with Gasteiger partial charge in [0.2, 0.25) is 5.91 Å². The Morgan fingerprint density at radius 2 is 2.20 bits per heavy atom. The lowest BCUT2D eigenvalue weighted by atomic mass is 10.1. The summed E-state index contributed by atoms with van der Waals surface area (Å²) < 4.78 is 5.16. The fourth-order valence-electron chi connectivity index (χ4n) is 1.59. The smallest absolute Gasteiger partial charge is 0.407 e. The zero-order valence-corrected chi connectivity index (χ0v) is 11.9. The van der Waals surface area contributed by atoms with E-state index in [-0.39, 0.29) is 12.3 Å². The molecule has 2 amide bonds. The zero-order chi connectivity index (χ0) is 15.2. The molecule has 1 unspecified atom stereocenters. The molecule has 0 saturated carbocycles. The van der Waals surface area contributed by atoms with Crippen LogP contribution in [0.15, 0.2) is 12.5 Å². The van der Waals surface area contributed by atoms with Crippen LogP contribution >= 0.6 is 0 Å². The summed E-state index contributed by atoms with van der Waals surface area (Å²) in [6, 6.07) is -0.436. The summed E-state index contributed by atoms with van der Waals surface area (Å²) in [5.41, 5.74) is 2.24. The lowest BCUT2D eigenvalue weighted by Gasteiger charge is -2.23. The number of rotatable bonds is 5. The van der Waals surface area contributed by atoms with Crippen molar-refractivity contribution < 1.29 is 14.3 Å². The van der Waals surface area contributed by atoms with Gasteiger partial charge in [0.1, 0.15) is 5.60 Å². The van der Waals surface area contributed by atoms with Gasteiger partial charge in [0.25, 0.3) is 0 Å². The van der Waals surface area contributed by atoms with Gasteiger partial charge in [-0.25, -0.2) is 15.6 Å². The first kappa shape index (κ1) is 16.0. The number of H-pyrrole nitrogens is 1. The molecule has 1 heterocycles. The minimum Gasteiger partial charge on any atom is -0.444 e. The van der Waals surface area contributed by atoms with E-state index in [1.54, 1.807) is 27.0 Å². The van der Waals surface area contributed by atoms with Crippen LogP contribution < -0.4 is 16.6 Å². The molecule has 0 aromatic carbocycles. The van der Waals surface area contributed by atoms with E-state index in [1.807, 2.05) is 5.43 Å². The third-order valence-electron chi connectivity index (χ3n) is 2.33. The van der Waals surface area contributed by atoms with Gasteiger partial charge in [0.15, 0.2) is 0 Å². The molecule has 112 valence electrons. The average molecular weight is 283 g/mol. The fraction of sp³-hybridized carbons (Fsp3) is 0.583. The summed E-state index contributed by atoms with van der Waals surface area (Å²) in [5.74, 6) is 4.69. The monoisotopic (exact) mass is 283 g/mol. The standard InChI is InChI=1S/C12H21N5O3/c1-12(2,3)20-11(19)16-8(5-10(18)17-13)4-9-6-14-7-15-9/h6-8H,4-5,13H2,1-3H3,(H,14,15)(H,16,19)(H,17,18). The van der Waals surface area contributed by atoms with Gasteiger partial charge in [-0.15, -0.1) is 0 Å². The van der Waals surface area contributed by atoms with Crippen LogP contribution in [0.1, 0.15) is 32.9 Å². The van der Waals surface area contributed by atoms with Crippen molar-refractivity contribution >= 4 is 12.0 Å². The van der Waals surface area contributed by atoms with Crippen molar-refractivity contribution in [1.29, 1.82) is 0 Å². The van der Waals surface area contributed by atoms with Gasteiger partial charge in [0.05, 0.1) is 6.33 Å². The SMILES string of the molecule is CC(C)(C)OC(=O)NC(CC(=O)NN)Cc1cnc[nH]1. The molecule has 5 N–H and O–H groups in total. The quantitative estimate of drug-likeness (QED) is 0.350. The highest BCUT2D eigenvalue weighted by Gasteiger charge is 2.21. The number of ether oxygens (including phenoxy) is 1. The van der Waals surface area contributed by atoms with Crippen molar-refractivity contribution in [3.63, 3.8) is 0 Å². The van der Waals surface area contributed by atoms with E-state index in [2.05, 4.69) is 15.3 Å². The fourth-order valence-corrected chi connectivity index (χ4v) is 1.59. The number of hydrogen-bond acceptors (Lipinski definition) is 5. The summed E-state index contributed by atoms with van der Waals surface area (Å²) in [6.45, 7) is 5.30. The van der Waals surface area contributed by atoms with Crippen molar-refractivity contribution in [2.45, 2.75) is 45.3 Å². The molecule has 1 aromatic heterocycles.